The fraction of sp³-hybridized carbons (Fsp3) is 0.263. The van der Waals surface area contributed by atoms with E-state index in [1.807, 2.05) is 12.1 Å². The molecule has 0 aliphatic carbocycles. The number of rotatable bonds is 8. The number of ether oxygens (including phenoxy) is 1. The largest absolute Gasteiger partial charge is 0.383 e. The van der Waals surface area contributed by atoms with Gasteiger partial charge in [-0.05, 0) is 29.7 Å². The number of hydrogen-bond donors (Lipinski definition) is 0. The molecule has 2 heteroatoms. The normalized spacial score (nSPS) is 10.3. The molecule has 0 amide bonds. The Bertz CT molecular complexity index is 536. The first-order chi connectivity index (χ1) is 10.3. The summed E-state index contributed by atoms with van der Waals surface area (Å²) in [7, 11) is 1.74. The first-order valence-electron chi connectivity index (χ1n) is 7.33. The van der Waals surface area contributed by atoms with Crippen LogP contribution in [-0.4, -0.2) is 26.8 Å². The predicted octanol–water partition coefficient (Wildman–Crippen LogP) is 4.24. The van der Waals surface area contributed by atoms with Gasteiger partial charge in [-0.1, -0.05) is 55.1 Å². The SMILES string of the molecule is C=C(CCN(CCOC)c1ccccc1)c1ccccc1. The van der Waals surface area contributed by atoms with E-state index in [0.717, 1.165) is 26.1 Å². The molecule has 0 heterocycles. The van der Waals surface area contributed by atoms with E-state index in [1.165, 1.54) is 16.8 Å². The molecule has 0 N–H and O–H groups in total. The van der Waals surface area contributed by atoms with Gasteiger partial charge in [0.05, 0.1) is 6.61 Å². The molecule has 2 nitrogen and oxygen atoms in total. The highest BCUT2D eigenvalue weighted by Gasteiger charge is 2.07. The van der Waals surface area contributed by atoms with Gasteiger partial charge >= 0.3 is 0 Å². The lowest BCUT2D eigenvalue weighted by Crippen LogP contribution is -2.28. The maximum absolute atomic E-state index is 5.22. The molecular weight excluding hydrogens is 258 g/mol. The molecule has 0 spiro atoms. The Morgan fingerprint density at radius 1 is 0.952 bits per heavy atom. The second kappa shape index (κ2) is 8.28. The third-order valence-electron chi connectivity index (χ3n) is 3.55. The maximum atomic E-state index is 5.22. The second-order valence-electron chi connectivity index (χ2n) is 5.03. The summed E-state index contributed by atoms with van der Waals surface area (Å²) in [5.41, 5.74) is 3.63. The summed E-state index contributed by atoms with van der Waals surface area (Å²) >= 11 is 0. The van der Waals surface area contributed by atoms with Crippen LogP contribution in [0.15, 0.2) is 67.2 Å². The maximum Gasteiger partial charge on any atom is 0.0637 e. The van der Waals surface area contributed by atoms with E-state index >= 15 is 0 Å². The van der Waals surface area contributed by atoms with Crippen LogP contribution in [0.1, 0.15) is 12.0 Å². The third kappa shape index (κ3) is 4.76. The topological polar surface area (TPSA) is 12.5 Å². The number of methoxy groups -OCH3 is 1. The molecule has 0 atom stereocenters. The lowest BCUT2D eigenvalue weighted by atomic mass is 10.0. The zero-order chi connectivity index (χ0) is 14.9. The fourth-order valence-electron chi connectivity index (χ4n) is 2.30. The van der Waals surface area contributed by atoms with Crippen molar-refractivity contribution in [3.63, 3.8) is 0 Å². The van der Waals surface area contributed by atoms with Gasteiger partial charge in [-0.25, -0.2) is 0 Å². The third-order valence-corrected chi connectivity index (χ3v) is 3.55. The molecule has 0 saturated heterocycles. The zero-order valence-corrected chi connectivity index (χ0v) is 12.7. The van der Waals surface area contributed by atoms with Crippen LogP contribution in [0.5, 0.6) is 0 Å². The van der Waals surface area contributed by atoms with Crippen LogP contribution in [-0.2, 0) is 4.74 Å². The van der Waals surface area contributed by atoms with Crippen molar-refractivity contribution < 1.29 is 4.74 Å². The quantitative estimate of drug-likeness (QED) is 0.717. The summed E-state index contributed by atoms with van der Waals surface area (Å²) < 4.78 is 5.22. The molecule has 0 aliphatic heterocycles. The monoisotopic (exact) mass is 281 g/mol. The van der Waals surface area contributed by atoms with Gasteiger partial charge in [-0.3, -0.25) is 0 Å². The van der Waals surface area contributed by atoms with Crippen LogP contribution in [0.3, 0.4) is 0 Å². The Hall–Kier alpha value is -2.06. The lowest BCUT2D eigenvalue weighted by molar-refractivity contribution is 0.205. The van der Waals surface area contributed by atoms with Crippen molar-refractivity contribution in [2.24, 2.45) is 0 Å². The first kappa shape index (κ1) is 15.3. The summed E-state index contributed by atoms with van der Waals surface area (Å²) in [6.07, 6.45) is 0.947. The summed E-state index contributed by atoms with van der Waals surface area (Å²) in [4.78, 5) is 2.34. The Morgan fingerprint density at radius 3 is 2.19 bits per heavy atom. The highest BCUT2D eigenvalue weighted by molar-refractivity contribution is 5.63. The Labute approximate surface area is 127 Å². The molecule has 0 fully saturated rings. The molecule has 0 radical (unpaired) electrons. The van der Waals surface area contributed by atoms with Gasteiger partial charge in [0.1, 0.15) is 0 Å². The number of para-hydroxylation sites is 1. The molecule has 2 aromatic rings. The van der Waals surface area contributed by atoms with Gasteiger partial charge in [-0.15, -0.1) is 0 Å². The molecule has 21 heavy (non-hydrogen) atoms. The van der Waals surface area contributed by atoms with Gasteiger partial charge in [0.2, 0.25) is 0 Å². The highest BCUT2D eigenvalue weighted by atomic mass is 16.5. The van der Waals surface area contributed by atoms with Crippen LogP contribution in [0.25, 0.3) is 5.57 Å². The van der Waals surface area contributed by atoms with E-state index in [-0.39, 0.29) is 0 Å². The number of hydrogen-bond acceptors (Lipinski definition) is 2. The fourth-order valence-corrected chi connectivity index (χ4v) is 2.30. The Balaban J connectivity index is 1.97. The molecule has 2 aromatic carbocycles. The molecule has 2 rings (SSSR count). The molecular formula is C19H23NO. The van der Waals surface area contributed by atoms with Crippen LogP contribution in [0.4, 0.5) is 5.69 Å². The molecule has 0 unspecified atom stereocenters. The molecule has 0 saturated carbocycles. The number of nitrogens with zero attached hydrogens (tertiary/aromatic N) is 1. The average molecular weight is 281 g/mol. The van der Waals surface area contributed by atoms with Crippen molar-refractivity contribution in [2.45, 2.75) is 6.42 Å². The average Bonchev–Trinajstić information content (AvgIpc) is 2.56. The molecule has 0 bridgehead atoms. The van der Waals surface area contributed by atoms with Gasteiger partial charge in [0.25, 0.3) is 0 Å². The van der Waals surface area contributed by atoms with Crippen molar-refractivity contribution in [3.8, 4) is 0 Å². The summed E-state index contributed by atoms with van der Waals surface area (Å²) in [5, 5.41) is 0. The Morgan fingerprint density at radius 2 is 1.57 bits per heavy atom. The van der Waals surface area contributed by atoms with Crippen LogP contribution in [0.2, 0.25) is 0 Å². The van der Waals surface area contributed by atoms with Gasteiger partial charge in [0, 0.05) is 25.9 Å². The van der Waals surface area contributed by atoms with Crippen LogP contribution in [0, 0.1) is 0 Å². The van der Waals surface area contributed by atoms with Crippen LogP contribution >= 0.6 is 0 Å². The summed E-state index contributed by atoms with van der Waals surface area (Å²) in [5.74, 6) is 0. The van der Waals surface area contributed by atoms with Crippen LogP contribution < -0.4 is 4.90 Å². The number of anilines is 1. The van der Waals surface area contributed by atoms with E-state index in [2.05, 4.69) is 60.0 Å². The van der Waals surface area contributed by atoms with E-state index in [4.69, 9.17) is 4.74 Å². The highest BCUT2D eigenvalue weighted by Crippen LogP contribution is 2.19. The molecule has 110 valence electrons. The van der Waals surface area contributed by atoms with Crippen molar-refractivity contribution in [2.75, 3.05) is 31.7 Å². The minimum Gasteiger partial charge on any atom is -0.383 e. The minimum absolute atomic E-state index is 0.729. The number of benzene rings is 2. The van der Waals surface area contributed by atoms with Gasteiger partial charge < -0.3 is 9.64 Å². The van der Waals surface area contributed by atoms with Crippen molar-refractivity contribution in [3.05, 3.63) is 72.8 Å². The van der Waals surface area contributed by atoms with Crippen molar-refractivity contribution in [1.82, 2.24) is 0 Å². The van der Waals surface area contributed by atoms with Gasteiger partial charge in [-0.2, -0.15) is 0 Å². The standard InChI is InChI=1S/C19H23NO/c1-17(18-9-5-3-6-10-18)13-14-20(15-16-21-2)19-11-7-4-8-12-19/h3-12H,1,13-16H2,2H3. The van der Waals surface area contributed by atoms with E-state index in [0.29, 0.717) is 0 Å². The smallest absolute Gasteiger partial charge is 0.0637 e. The van der Waals surface area contributed by atoms with E-state index < -0.39 is 0 Å². The van der Waals surface area contributed by atoms with Crippen molar-refractivity contribution >= 4 is 11.3 Å². The van der Waals surface area contributed by atoms with Crippen molar-refractivity contribution in [1.29, 1.82) is 0 Å². The lowest BCUT2D eigenvalue weighted by Gasteiger charge is -2.25. The molecule has 0 aliphatic rings. The minimum atomic E-state index is 0.729. The van der Waals surface area contributed by atoms with E-state index in [1.54, 1.807) is 7.11 Å². The van der Waals surface area contributed by atoms with E-state index in [9.17, 15) is 0 Å². The van der Waals surface area contributed by atoms with Gasteiger partial charge in [0.15, 0.2) is 0 Å². The first-order valence-corrected chi connectivity index (χ1v) is 7.33. The predicted molar refractivity (Wildman–Crippen MR) is 90.6 cm³/mol. The summed E-state index contributed by atoms with van der Waals surface area (Å²) in [6.45, 7) is 6.78. The molecule has 0 aromatic heterocycles. The zero-order valence-electron chi connectivity index (χ0n) is 12.7. The second-order valence-corrected chi connectivity index (χ2v) is 5.03. The Kier molecular flexibility index (Phi) is 6.04. The summed E-state index contributed by atoms with van der Waals surface area (Å²) in [6, 6.07) is 20.8.